The number of nitrogens with one attached hydrogen (secondary N) is 1. The van der Waals surface area contributed by atoms with Gasteiger partial charge in [0, 0.05) is 23.9 Å². The summed E-state index contributed by atoms with van der Waals surface area (Å²) in [5.74, 6) is 1.48. The van der Waals surface area contributed by atoms with Crippen molar-refractivity contribution in [3.05, 3.63) is 66.5 Å². The average Bonchev–Trinajstić information content (AvgIpc) is 2.64. The number of methoxy groups -OCH3 is 1. The number of ether oxygens (including phenoxy) is 1. The molecule has 0 amide bonds. The molecule has 0 saturated carbocycles. The third-order valence-corrected chi connectivity index (χ3v) is 3.68. The Hall–Kier alpha value is -2.92. The van der Waals surface area contributed by atoms with Gasteiger partial charge in [0.1, 0.15) is 17.9 Å². The second-order valence-electron chi connectivity index (χ2n) is 5.28. The Balaban J connectivity index is 1.83. The lowest BCUT2D eigenvalue weighted by Gasteiger charge is -2.10. The molecule has 2 aromatic carbocycles. The molecule has 0 spiro atoms. The number of aromatic nitrogens is 2. The number of hydrogen-bond donors (Lipinski definition) is 2. The maximum absolute atomic E-state index is 8.96. The van der Waals surface area contributed by atoms with Crippen LogP contribution < -0.4 is 10.1 Å². The molecule has 1 heterocycles. The molecule has 0 atom stereocenters. The topological polar surface area (TPSA) is 67.3 Å². The molecular weight excluding hydrogens is 302 g/mol. The van der Waals surface area contributed by atoms with Gasteiger partial charge in [-0.1, -0.05) is 24.3 Å². The van der Waals surface area contributed by atoms with Crippen LogP contribution in [0.25, 0.3) is 11.3 Å². The Morgan fingerprint density at radius 3 is 2.58 bits per heavy atom. The van der Waals surface area contributed by atoms with Crippen molar-refractivity contribution in [1.29, 1.82) is 0 Å². The van der Waals surface area contributed by atoms with Crippen molar-refractivity contribution in [3.8, 4) is 17.0 Å². The molecule has 0 aliphatic heterocycles. The van der Waals surface area contributed by atoms with Crippen molar-refractivity contribution in [1.82, 2.24) is 9.97 Å². The average molecular weight is 321 g/mol. The van der Waals surface area contributed by atoms with Gasteiger partial charge in [-0.2, -0.15) is 0 Å². The van der Waals surface area contributed by atoms with Crippen LogP contribution in [0, 0.1) is 0 Å². The summed E-state index contributed by atoms with van der Waals surface area (Å²) in [5, 5.41) is 12.2. The minimum atomic E-state index is 0.154. The largest absolute Gasteiger partial charge is 0.496 e. The Morgan fingerprint density at radius 1 is 1.04 bits per heavy atom. The molecule has 0 bridgehead atoms. The van der Waals surface area contributed by atoms with Gasteiger partial charge in [0.25, 0.3) is 0 Å². The molecule has 122 valence electrons. The second-order valence-corrected chi connectivity index (χ2v) is 5.28. The zero-order valence-electron chi connectivity index (χ0n) is 13.4. The summed E-state index contributed by atoms with van der Waals surface area (Å²) in [6.45, 7) is 0.154. The van der Waals surface area contributed by atoms with Crippen LogP contribution in [0.4, 0.5) is 11.5 Å². The monoisotopic (exact) mass is 321 g/mol. The predicted octanol–water partition coefficient (Wildman–Crippen LogP) is 3.43. The first-order chi connectivity index (χ1) is 11.8. The number of anilines is 2. The van der Waals surface area contributed by atoms with Gasteiger partial charge in [-0.3, -0.25) is 0 Å². The van der Waals surface area contributed by atoms with Crippen molar-refractivity contribution >= 4 is 11.5 Å². The zero-order valence-corrected chi connectivity index (χ0v) is 13.4. The predicted molar refractivity (Wildman–Crippen MR) is 94.5 cm³/mol. The molecule has 2 N–H and O–H groups in total. The van der Waals surface area contributed by atoms with Crippen LogP contribution in [0.1, 0.15) is 5.56 Å². The van der Waals surface area contributed by atoms with E-state index in [0.29, 0.717) is 12.2 Å². The minimum Gasteiger partial charge on any atom is -0.496 e. The van der Waals surface area contributed by atoms with Gasteiger partial charge in [0.15, 0.2) is 0 Å². The van der Waals surface area contributed by atoms with Crippen LogP contribution in [0.3, 0.4) is 0 Å². The smallest absolute Gasteiger partial charge is 0.134 e. The van der Waals surface area contributed by atoms with Crippen molar-refractivity contribution < 1.29 is 9.84 Å². The molecule has 0 aliphatic rings. The molecular formula is C19H19N3O2. The number of para-hydroxylation sites is 1. The van der Waals surface area contributed by atoms with Gasteiger partial charge >= 0.3 is 0 Å². The van der Waals surface area contributed by atoms with Crippen LogP contribution in [0.15, 0.2) is 60.9 Å². The highest BCUT2D eigenvalue weighted by Gasteiger charge is 2.07. The molecule has 5 heteroatoms. The zero-order chi connectivity index (χ0) is 16.8. The number of nitrogens with zero attached hydrogens (tertiary/aromatic N) is 2. The molecule has 0 saturated heterocycles. The number of rotatable bonds is 6. The van der Waals surface area contributed by atoms with Crippen molar-refractivity contribution in [2.24, 2.45) is 0 Å². The summed E-state index contributed by atoms with van der Waals surface area (Å²) in [7, 11) is 1.65. The highest BCUT2D eigenvalue weighted by atomic mass is 16.5. The number of aliphatic hydroxyl groups is 1. The van der Waals surface area contributed by atoms with Gasteiger partial charge in [-0.25, -0.2) is 9.97 Å². The van der Waals surface area contributed by atoms with Gasteiger partial charge in [-0.05, 0) is 36.2 Å². The molecule has 24 heavy (non-hydrogen) atoms. The summed E-state index contributed by atoms with van der Waals surface area (Å²) < 4.78 is 5.39. The summed E-state index contributed by atoms with van der Waals surface area (Å²) in [4.78, 5) is 8.61. The van der Waals surface area contributed by atoms with Gasteiger partial charge in [0.05, 0.1) is 12.8 Å². The van der Waals surface area contributed by atoms with Crippen LogP contribution in [-0.4, -0.2) is 28.8 Å². The highest BCUT2D eigenvalue weighted by molar-refractivity contribution is 5.70. The van der Waals surface area contributed by atoms with E-state index in [1.54, 1.807) is 7.11 Å². The van der Waals surface area contributed by atoms with Crippen molar-refractivity contribution in [3.63, 3.8) is 0 Å². The fourth-order valence-electron chi connectivity index (χ4n) is 2.46. The van der Waals surface area contributed by atoms with E-state index in [4.69, 9.17) is 9.84 Å². The summed E-state index contributed by atoms with van der Waals surface area (Å²) in [6, 6.07) is 17.6. The van der Waals surface area contributed by atoms with Crippen molar-refractivity contribution in [2.75, 3.05) is 19.0 Å². The van der Waals surface area contributed by atoms with Crippen LogP contribution in [0.2, 0.25) is 0 Å². The molecule has 3 rings (SSSR count). The lowest BCUT2D eigenvalue weighted by Crippen LogP contribution is -1.97. The lowest BCUT2D eigenvalue weighted by molar-refractivity contribution is 0.299. The molecule has 1 aromatic heterocycles. The highest BCUT2D eigenvalue weighted by Crippen LogP contribution is 2.29. The first kappa shape index (κ1) is 16.0. The molecule has 0 unspecified atom stereocenters. The molecule has 0 aliphatic carbocycles. The normalized spacial score (nSPS) is 10.4. The first-order valence-electron chi connectivity index (χ1n) is 7.72. The first-order valence-corrected chi connectivity index (χ1v) is 7.72. The number of aliphatic hydroxyl groups excluding tert-OH is 1. The maximum atomic E-state index is 8.96. The van der Waals surface area contributed by atoms with E-state index in [1.165, 1.54) is 6.33 Å². The maximum Gasteiger partial charge on any atom is 0.134 e. The molecule has 0 radical (unpaired) electrons. The third kappa shape index (κ3) is 3.70. The van der Waals surface area contributed by atoms with E-state index in [9.17, 15) is 0 Å². The fraction of sp³-hybridized carbons (Fsp3) is 0.158. The van der Waals surface area contributed by atoms with E-state index < -0.39 is 0 Å². The van der Waals surface area contributed by atoms with Gasteiger partial charge < -0.3 is 15.2 Å². The summed E-state index contributed by atoms with van der Waals surface area (Å²) in [6.07, 6.45) is 2.19. The van der Waals surface area contributed by atoms with E-state index in [0.717, 1.165) is 28.3 Å². The van der Waals surface area contributed by atoms with Crippen molar-refractivity contribution in [2.45, 2.75) is 6.42 Å². The summed E-state index contributed by atoms with van der Waals surface area (Å²) in [5.41, 5.74) is 3.74. The van der Waals surface area contributed by atoms with E-state index >= 15 is 0 Å². The lowest BCUT2D eigenvalue weighted by atomic mass is 10.1. The van der Waals surface area contributed by atoms with E-state index in [1.807, 2.05) is 54.6 Å². The van der Waals surface area contributed by atoms with Gasteiger partial charge in [-0.15, -0.1) is 0 Å². The van der Waals surface area contributed by atoms with Crippen LogP contribution >= 0.6 is 0 Å². The number of hydrogen-bond acceptors (Lipinski definition) is 5. The second kappa shape index (κ2) is 7.57. The van der Waals surface area contributed by atoms with Crippen LogP contribution in [0.5, 0.6) is 5.75 Å². The Bertz CT molecular complexity index is 804. The van der Waals surface area contributed by atoms with Crippen LogP contribution in [-0.2, 0) is 6.42 Å². The third-order valence-electron chi connectivity index (χ3n) is 3.68. The fourth-order valence-corrected chi connectivity index (χ4v) is 2.46. The quantitative estimate of drug-likeness (QED) is 0.728. The van der Waals surface area contributed by atoms with E-state index in [2.05, 4.69) is 15.3 Å². The molecule has 3 aromatic rings. The summed E-state index contributed by atoms with van der Waals surface area (Å²) >= 11 is 0. The van der Waals surface area contributed by atoms with E-state index in [-0.39, 0.29) is 6.61 Å². The SMILES string of the molecule is COc1ccccc1-c1cc(Nc2ccc(CCO)cc2)ncn1. The Labute approximate surface area is 141 Å². The van der Waals surface area contributed by atoms with Gasteiger partial charge in [0.2, 0.25) is 0 Å². The standard InChI is InChI=1S/C19H19N3O2/c1-24-18-5-3-2-4-16(18)17-12-19(21-13-20-17)22-15-8-6-14(7-9-15)10-11-23/h2-9,12-13,23H,10-11H2,1H3,(H,20,21,22). The molecule has 5 nitrogen and oxygen atoms in total. The Kier molecular flexibility index (Phi) is 5.03. The Morgan fingerprint density at radius 2 is 1.83 bits per heavy atom. The number of benzene rings is 2. The minimum absolute atomic E-state index is 0.154. The molecule has 0 fully saturated rings.